The maximum absolute atomic E-state index is 11.7. The van der Waals surface area contributed by atoms with Gasteiger partial charge in [0.25, 0.3) is 5.91 Å². The number of hydrogen-bond acceptors (Lipinski definition) is 3. The number of rotatable bonds is 3. The summed E-state index contributed by atoms with van der Waals surface area (Å²) < 4.78 is 0. The predicted molar refractivity (Wildman–Crippen MR) is 69.1 cm³/mol. The van der Waals surface area contributed by atoms with Crippen LogP contribution in [0.2, 0.25) is 0 Å². The van der Waals surface area contributed by atoms with Crippen LogP contribution >= 0.6 is 0 Å². The number of nitrogens with zero attached hydrogens (tertiary/aromatic N) is 1. The van der Waals surface area contributed by atoms with Crippen LogP contribution in [0.3, 0.4) is 0 Å². The lowest BCUT2D eigenvalue weighted by atomic mass is 10.2. The predicted octanol–water partition coefficient (Wildman–Crippen LogP) is 0.924. The van der Waals surface area contributed by atoms with Gasteiger partial charge in [0, 0.05) is 31.3 Å². The zero-order chi connectivity index (χ0) is 13.1. The molecular weight excluding hydrogens is 230 g/mol. The largest absolute Gasteiger partial charge is 0.378 e. The highest BCUT2D eigenvalue weighted by Gasteiger charge is 2.29. The minimum absolute atomic E-state index is 0.0846. The third-order valence-corrected chi connectivity index (χ3v) is 2.89. The van der Waals surface area contributed by atoms with Gasteiger partial charge in [-0.15, -0.1) is 0 Å². The smallest absolute Gasteiger partial charge is 0.269 e. The Morgan fingerprint density at radius 3 is 2.22 bits per heavy atom. The van der Waals surface area contributed by atoms with Crippen LogP contribution in [0.1, 0.15) is 23.2 Å². The minimum atomic E-state index is -0.297. The summed E-state index contributed by atoms with van der Waals surface area (Å²) in [6.07, 6.45) is 1.83. The van der Waals surface area contributed by atoms with Gasteiger partial charge in [-0.1, -0.05) is 0 Å². The van der Waals surface area contributed by atoms with Crippen LogP contribution in [0.4, 0.5) is 5.69 Å². The fraction of sp³-hybridized carbons (Fsp3) is 0.385. The zero-order valence-electron chi connectivity index (χ0n) is 10.6. The summed E-state index contributed by atoms with van der Waals surface area (Å²) in [7, 11) is 3.87. The first kappa shape index (κ1) is 12.4. The second-order valence-electron chi connectivity index (χ2n) is 4.66. The standard InChI is InChI=1S/C13H17N3O2/c1-16(2)11-7-5-10(6-8-11)13(18)15-14-12(17)9-3-4-9/h5-9H,3-4H2,1-2H3,(H,14,17)(H,15,18). The van der Waals surface area contributed by atoms with Crippen molar-refractivity contribution in [1.82, 2.24) is 10.9 Å². The summed E-state index contributed by atoms with van der Waals surface area (Å²) in [5.74, 6) is -0.316. The molecule has 0 unspecified atom stereocenters. The van der Waals surface area contributed by atoms with Crippen molar-refractivity contribution in [3.8, 4) is 0 Å². The number of nitrogens with one attached hydrogen (secondary N) is 2. The molecule has 1 aliphatic rings. The average molecular weight is 247 g/mol. The molecule has 1 aromatic rings. The Hall–Kier alpha value is -2.04. The molecule has 0 aromatic heterocycles. The lowest BCUT2D eigenvalue weighted by Crippen LogP contribution is -2.42. The number of hydrogen-bond donors (Lipinski definition) is 2. The maximum Gasteiger partial charge on any atom is 0.269 e. The maximum atomic E-state index is 11.7. The highest BCUT2D eigenvalue weighted by atomic mass is 16.2. The molecule has 0 bridgehead atoms. The summed E-state index contributed by atoms with van der Waals surface area (Å²) in [4.78, 5) is 25.0. The number of benzene rings is 1. The van der Waals surface area contributed by atoms with E-state index in [0.717, 1.165) is 18.5 Å². The molecule has 1 aromatic carbocycles. The molecule has 1 fully saturated rings. The van der Waals surface area contributed by atoms with E-state index in [1.54, 1.807) is 12.1 Å². The van der Waals surface area contributed by atoms with Crippen LogP contribution in [-0.2, 0) is 4.79 Å². The van der Waals surface area contributed by atoms with Crippen molar-refractivity contribution in [3.05, 3.63) is 29.8 Å². The van der Waals surface area contributed by atoms with Crippen molar-refractivity contribution in [2.24, 2.45) is 5.92 Å². The third-order valence-electron chi connectivity index (χ3n) is 2.89. The molecule has 0 spiro atoms. The van der Waals surface area contributed by atoms with Crippen LogP contribution in [0.25, 0.3) is 0 Å². The Labute approximate surface area is 106 Å². The van der Waals surface area contributed by atoms with E-state index in [1.165, 1.54) is 0 Å². The van der Waals surface area contributed by atoms with Crippen molar-refractivity contribution in [2.75, 3.05) is 19.0 Å². The van der Waals surface area contributed by atoms with Crippen molar-refractivity contribution in [1.29, 1.82) is 0 Å². The number of carbonyl (C=O) groups is 2. The second-order valence-corrected chi connectivity index (χ2v) is 4.66. The average Bonchev–Trinajstić information content (AvgIpc) is 3.20. The van der Waals surface area contributed by atoms with Gasteiger partial charge >= 0.3 is 0 Å². The normalized spacial score (nSPS) is 13.9. The van der Waals surface area contributed by atoms with E-state index >= 15 is 0 Å². The molecule has 18 heavy (non-hydrogen) atoms. The Bertz CT molecular complexity index is 450. The molecule has 0 atom stereocenters. The van der Waals surface area contributed by atoms with Gasteiger partial charge in [0.15, 0.2) is 0 Å². The van der Waals surface area contributed by atoms with Gasteiger partial charge in [-0.3, -0.25) is 20.4 Å². The first-order valence-electron chi connectivity index (χ1n) is 5.95. The van der Waals surface area contributed by atoms with E-state index in [-0.39, 0.29) is 17.7 Å². The number of hydrazine groups is 1. The quantitative estimate of drug-likeness (QED) is 0.781. The molecule has 0 aliphatic heterocycles. The van der Waals surface area contributed by atoms with Crippen molar-refractivity contribution >= 4 is 17.5 Å². The fourth-order valence-electron chi connectivity index (χ4n) is 1.55. The Balaban J connectivity index is 1.89. The second kappa shape index (κ2) is 5.08. The van der Waals surface area contributed by atoms with Gasteiger partial charge in [0.2, 0.25) is 5.91 Å². The van der Waals surface area contributed by atoms with Crippen molar-refractivity contribution in [3.63, 3.8) is 0 Å². The molecule has 1 aliphatic carbocycles. The van der Waals surface area contributed by atoms with E-state index in [1.807, 2.05) is 31.1 Å². The van der Waals surface area contributed by atoms with E-state index in [4.69, 9.17) is 0 Å². The highest BCUT2D eigenvalue weighted by Crippen LogP contribution is 2.28. The molecule has 5 heteroatoms. The van der Waals surface area contributed by atoms with Crippen LogP contribution in [0, 0.1) is 5.92 Å². The van der Waals surface area contributed by atoms with Crippen LogP contribution in [0.15, 0.2) is 24.3 Å². The number of amides is 2. The minimum Gasteiger partial charge on any atom is -0.378 e. The van der Waals surface area contributed by atoms with E-state index in [9.17, 15) is 9.59 Å². The Morgan fingerprint density at radius 1 is 1.11 bits per heavy atom. The molecule has 0 saturated heterocycles. The zero-order valence-corrected chi connectivity index (χ0v) is 10.6. The Morgan fingerprint density at radius 2 is 1.72 bits per heavy atom. The molecule has 2 rings (SSSR count). The van der Waals surface area contributed by atoms with Gasteiger partial charge in [-0.25, -0.2) is 0 Å². The number of anilines is 1. The summed E-state index contributed by atoms with van der Waals surface area (Å²) in [5, 5.41) is 0. The van der Waals surface area contributed by atoms with E-state index in [2.05, 4.69) is 10.9 Å². The van der Waals surface area contributed by atoms with Gasteiger partial charge in [0.05, 0.1) is 0 Å². The fourth-order valence-corrected chi connectivity index (χ4v) is 1.55. The summed E-state index contributed by atoms with van der Waals surface area (Å²) >= 11 is 0. The van der Waals surface area contributed by atoms with Crippen molar-refractivity contribution < 1.29 is 9.59 Å². The van der Waals surface area contributed by atoms with Gasteiger partial charge in [0.1, 0.15) is 0 Å². The molecule has 5 nitrogen and oxygen atoms in total. The van der Waals surface area contributed by atoms with E-state index in [0.29, 0.717) is 5.56 Å². The van der Waals surface area contributed by atoms with Crippen LogP contribution in [0.5, 0.6) is 0 Å². The van der Waals surface area contributed by atoms with Gasteiger partial charge < -0.3 is 4.90 Å². The first-order valence-corrected chi connectivity index (χ1v) is 5.95. The molecule has 2 amide bonds. The van der Waals surface area contributed by atoms with Crippen LogP contribution in [-0.4, -0.2) is 25.9 Å². The van der Waals surface area contributed by atoms with E-state index < -0.39 is 0 Å². The molecule has 0 heterocycles. The lowest BCUT2D eigenvalue weighted by Gasteiger charge is -2.12. The van der Waals surface area contributed by atoms with Crippen LogP contribution < -0.4 is 15.8 Å². The summed E-state index contributed by atoms with van der Waals surface area (Å²) in [6.45, 7) is 0. The molecule has 96 valence electrons. The van der Waals surface area contributed by atoms with Gasteiger partial charge in [-0.05, 0) is 37.1 Å². The molecule has 1 saturated carbocycles. The topological polar surface area (TPSA) is 61.4 Å². The SMILES string of the molecule is CN(C)c1ccc(C(=O)NNC(=O)C2CC2)cc1. The van der Waals surface area contributed by atoms with Gasteiger partial charge in [-0.2, -0.15) is 0 Å². The highest BCUT2D eigenvalue weighted by molar-refractivity contribution is 5.96. The first-order chi connectivity index (χ1) is 8.58. The molecule has 2 N–H and O–H groups in total. The monoisotopic (exact) mass is 247 g/mol. The Kier molecular flexibility index (Phi) is 3.50. The summed E-state index contributed by atoms with van der Waals surface area (Å²) in [6, 6.07) is 7.18. The number of carbonyl (C=O) groups excluding carboxylic acids is 2. The lowest BCUT2D eigenvalue weighted by molar-refractivity contribution is -0.123. The van der Waals surface area contributed by atoms with Crippen molar-refractivity contribution in [2.45, 2.75) is 12.8 Å². The third kappa shape index (κ3) is 3.00. The molecular formula is C13H17N3O2. The molecule has 0 radical (unpaired) electrons. The summed E-state index contributed by atoms with van der Waals surface area (Å²) in [5.41, 5.74) is 6.39.